The Morgan fingerprint density at radius 1 is 1.13 bits per heavy atom. The number of rotatable bonds is 7. The zero-order chi connectivity index (χ0) is 15.9. The number of hydrogen-bond acceptors (Lipinski definition) is 3. The van der Waals surface area contributed by atoms with E-state index in [-0.39, 0.29) is 5.91 Å². The van der Waals surface area contributed by atoms with Gasteiger partial charge in [-0.25, -0.2) is 0 Å². The Hall–Kier alpha value is -1.65. The molecule has 1 aliphatic rings. The molecule has 1 atom stereocenters. The zero-order valence-electron chi connectivity index (χ0n) is 13.4. The first-order chi connectivity index (χ1) is 11.3. The summed E-state index contributed by atoms with van der Waals surface area (Å²) < 4.78 is 0. The van der Waals surface area contributed by atoms with Crippen LogP contribution in [0.5, 0.6) is 0 Å². The molecule has 1 fully saturated rings. The summed E-state index contributed by atoms with van der Waals surface area (Å²) in [7, 11) is 0. The smallest absolute Gasteiger partial charge is 0.220 e. The zero-order valence-corrected chi connectivity index (χ0v) is 14.2. The van der Waals surface area contributed by atoms with Crippen LogP contribution in [0.3, 0.4) is 0 Å². The van der Waals surface area contributed by atoms with Crippen LogP contribution in [0.15, 0.2) is 47.8 Å². The van der Waals surface area contributed by atoms with Crippen LogP contribution < -0.4 is 5.32 Å². The predicted octanol–water partition coefficient (Wildman–Crippen LogP) is 3.63. The SMILES string of the molecule is O=C(CCc1cccs1)NCC(c1ccccc1)N1CCCC1. The van der Waals surface area contributed by atoms with Crippen molar-refractivity contribution < 1.29 is 4.79 Å². The van der Waals surface area contributed by atoms with Gasteiger partial charge in [0.2, 0.25) is 5.91 Å². The molecule has 1 saturated heterocycles. The van der Waals surface area contributed by atoms with Gasteiger partial charge in [0.25, 0.3) is 0 Å². The Balaban J connectivity index is 1.54. The molecular weight excluding hydrogens is 304 g/mol. The van der Waals surface area contributed by atoms with E-state index in [1.807, 2.05) is 12.1 Å². The molecular formula is C19H24N2OS. The number of carbonyl (C=O) groups is 1. The maximum atomic E-state index is 12.2. The minimum atomic E-state index is 0.151. The molecule has 0 spiro atoms. The monoisotopic (exact) mass is 328 g/mol. The fraction of sp³-hybridized carbons (Fsp3) is 0.421. The van der Waals surface area contributed by atoms with Crippen molar-refractivity contribution in [2.24, 2.45) is 0 Å². The first-order valence-corrected chi connectivity index (χ1v) is 9.29. The number of hydrogen-bond donors (Lipinski definition) is 1. The Labute approximate surface area is 142 Å². The maximum absolute atomic E-state index is 12.2. The normalized spacial score (nSPS) is 16.3. The van der Waals surface area contributed by atoms with E-state index >= 15 is 0 Å². The van der Waals surface area contributed by atoms with Crippen LogP contribution in [0.4, 0.5) is 0 Å². The third-order valence-electron chi connectivity index (χ3n) is 4.44. The van der Waals surface area contributed by atoms with E-state index in [0.717, 1.165) is 19.5 Å². The van der Waals surface area contributed by atoms with Crippen LogP contribution >= 0.6 is 11.3 Å². The largest absolute Gasteiger partial charge is 0.354 e. The molecule has 3 rings (SSSR count). The molecule has 1 aliphatic heterocycles. The van der Waals surface area contributed by atoms with Gasteiger partial charge in [-0.2, -0.15) is 0 Å². The van der Waals surface area contributed by atoms with Gasteiger partial charge in [0.1, 0.15) is 0 Å². The summed E-state index contributed by atoms with van der Waals surface area (Å²) in [4.78, 5) is 15.9. The van der Waals surface area contributed by atoms with Crippen LogP contribution in [0.25, 0.3) is 0 Å². The third-order valence-corrected chi connectivity index (χ3v) is 5.37. The van der Waals surface area contributed by atoms with Crippen molar-refractivity contribution in [3.63, 3.8) is 0 Å². The maximum Gasteiger partial charge on any atom is 0.220 e. The van der Waals surface area contributed by atoms with Crippen LogP contribution in [0.1, 0.15) is 35.7 Å². The topological polar surface area (TPSA) is 32.3 Å². The van der Waals surface area contributed by atoms with Crippen molar-refractivity contribution in [1.82, 2.24) is 10.2 Å². The predicted molar refractivity (Wildman–Crippen MR) is 95.6 cm³/mol. The molecule has 1 N–H and O–H groups in total. The fourth-order valence-electron chi connectivity index (χ4n) is 3.18. The summed E-state index contributed by atoms with van der Waals surface area (Å²) in [6, 6.07) is 15.0. The number of likely N-dealkylation sites (tertiary alicyclic amines) is 1. The Bertz CT molecular complexity index is 591. The summed E-state index contributed by atoms with van der Waals surface area (Å²) >= 11 is 1.72. The van der Waals surface area contributed by atoms with Gasteiger partial charge in [-0.1, -0.05) is 36.4 Å². The number of thiophene rings is 1. The number of benzene rings is 1. The molecule has 2 heterocycles. The van der Waals surface area contributed by atoms with Gasteiger partial charge in [-0.3, -0.25) is 9.69 Å². The summed E-state index contributed by atoms with van der Waals surface area (Å²) in [5, 5.41) is 5.21. The standard InChI is InChI=1S/C19H24N2OS/c22-19(11-10-17-9-6-14-23-17)20-15-18(21-12-4-5-13-21)16-7-2-1-3-8-16/h1-3,6-9,14,18H,4-5,10-13,15H2,(H,20,22). The van der Waals surface area contributed by atoms with Crippen molar-refractivity contribution in [3.8, 4) is 0 Å². The van der Waals surface area contributed by atoms with E-state index in [2.05, 4.69) is 45.9 Å². The molecule has 0 bridgehead atoms. The summed E-state index contributed by atoms with van der Waals surface area (Å²) in [5.74, 6) is 0.151. The first-order valence-electron chi connectivity index (χ1n) is 8.41. The molecule has 3 nitrogen and oxygen atoms in total. The highest BCUT2D eigenvalue weighted by molar-refractivity contribution is 7.09. The number of aryl methyl sites for hydroxylation is 1. The van der Waals surface area contributed by atoms with E-state index in [4.69, 9.17) is 0 Å². The second-order valence-corrected chi connectivity index (χ2v) is 7.09. The third kappa shape index (κ3) is 4.66. The number of carbonyl (C=O) groups excluding carboxylic acids is 1. The van der Waals surface area contributed by atoms with Crippen molar-refractivity contribution in [1.29, 1.82) is 0 Å². The molecule has 1 amide bonds. The van der Waals surface area contributed by atoms with Crippen LogP contribution in [0.2, 0.25) is 0 Å². The molecule has 0 saturated carbocycles. The summed E-state index contributed by atoms with van der Waals surface area (Å²) in [6.07, 6.45) is 3.93. The lowest BCUT2D eigenvalue weighted by Gasteiger charge is -2.28. The van der Waals surface area contributed by atoms with E-state index < -0.39 is 0 Å². The highest BCUT2D eigenvalue weighted by atomic mass is 32.1. The Kier molecular flexibility index (Phi) is 5.83. The second-order valence-electron chi connectivity index (χ2n) is 6.05. The Morgan fingerprint density at radius 2 is 1.91 bits per heavy atom. The molecule has 0 radical (unpaired) electrons. The summed E-state index contributed by atoms with van der Waals surface area (Å²) in [6.45, 7) is 2.96. The van der Waals surface area contributed by atoms with E-state index in [0.29, 0.717) is 19.0 Å². The van der Waals surface area contributed by atoms with Crippen molar-refractivity contribution in [2.45, 2.75) is 31.7 Å². The average Bonchev–Trinajstić information content (AvgIpc) is 3.28. The number of nitrogens with one attached hydrogen (secondary N) is 1. The number of amides is 1. The lowest BCUT2D eigenvalue weighted by atomic mass is 10.1. The Morgan fingerprint density at radius 3 is 2.61 bits per heavy atom. The minimum absolute atomic E-state index is 0.151. The van der Waals surface area contributed by atoms with Crippen LogP contribution in [-0.4, -0.2) is 30.4 Å². The van der Waals surface area contributed by atoms with E-state index in [1.165, 1.54) is 23.3 Å². The first kappa shape index (κ1) is 16.2. The van der Waals surface area contributed by atoms with Gasteiger partial charge in [-0.15, -0.1) is 11.3 Å². The molecule has 1 aromatic carbocycles. The van der Waals surface area contributed by atoms with Gasteiger partial charge >= 0.3 is 0 Å². The molecule has 2 aromatic rings. The minimum Gasteiger partial charge on any atom is -0.354 e. The van der Waals surface area contributed by atoms with Crippen molar-refractivity contribution in [3.05, 3.63) is 58.3 Å². The fourth-order valence-corrected chi connectivity index (χ4v) is 3.89. The summed E-state index contributed by atoms with van der Waals surface area (Å²) in [5.41, 5.74) is 1.30. The molecule has 1 unspecified atom stereocenters. The lowest BCUT2D eigenvalue weighted by molar-refractivity contribution is -0.121. The van der Waals surface area contributed by atoms with E-state index in [1.54, 1.807) is 11.3 Å². The number of nitrogens with zero attached hydrogens (tertiary/aromatic N) is 1. The molecule has 0 aliphatic carbocycles. The van der Waals surface area contributed by atoms with Gasteiger partial charge in [0.05, 0.1) is 6.04 Å². The highest BCUT2D eigenvalue weighted by Gasteiger charge is 2.23. The van der Waals surface area contributed by atoms with Gasteiger partial charge in [-0.05, 0) is 49.4 Å². The van der Waals surface area contributed by atoms with Crippen molar-refractivity contribution in [2.75, 3.05) is 19.6 Å². The van der Waals surface area contributed by atoms with Crippen LogP contribution in [-0.2, 0) is 11.2 Å². The average molecular weight is 328 g/mol. The van der Waals surface area contributed by atoms with Gasteiger partial charge in [0.15, 0.2) is 0 Å². The van der Waals surface area contributed by atoms with Crippen LogP contribution in [0, 0.1) is 0 Å². The molecule has 4 heteroatoms. The molecule has 1 aromatic heterocycles. The highest BCUT2D eigenvalue weighted by Crippen LogP contribution is 2.24. The van der Waals surface area contributed by atoms with Gasteiger partial charge < -0.3 is 5.32 Å². The lowest BCUT2D eigenvalue weighted by Crippen LogP contribution is -2.36. The second kappa shape index (κ2) is 8.27. The molecule has 122 valence electrons. The van der Waals surface area contributed by atoms with Crippen molar-refractivity contribution >= 4 is 17.2 Å². The quantitative estimate of drug-likeness (QED) is 0.842. The molecule has 23 heavy (non-hydrogen) atoms. The van der Waals surface area contributed by atoms with Gasteiger partial charge in [0, 0.05) is 17.8 Å². The van der Waals surface area contributed by atoms with E-state index in [9.17, 15) is 4.79 Å².